The monoisotopic (exact) mass is 296 g/mol. The van der Waals surface area contributed by atoms with E-state index in [9.17, 15) is 9.59 Å². The van der Waals surface area contributed by atoms with Crippen LogP contribution in [0.5, 0.6) is 0 Å². The number of aromatic nitrogens is 1. The van der Waals surface area contributed by atoms with Crippen LogP contribution in [0.25, 0.3) is 0 Å². The molecule has 118 valence electrons. The van der Waals surface area contributed by atoms with E-state index in [0.717, 1.165) is 23.4 Å². The molecule has 0 fully saturated rings. The molecule has 1 unspecified atom stereocenters. The van der Waals surface area contributed by atoms with Gasteiger partial charge < -0.3 is 14.9 Å². The van der Waals surface area contributed by atoms with E-state index in [1.807, 2.05) is 20.8 Å². The highest BCUT2D eigenvalue weighted by atomic mass is 16.5. The topological polar surface area (TPSA) is 92.4 Å². The summed E-state index contributed by atoms with van der Waals surface area (Å²) >= 11 is 0. The third-order valence-electron chi connectivity index (χ3n) is 3.59. The molecule has 0 spiro atoms. The Balaban J connectivity index is 2.18. The number of hydrogen-bond acceptors (Lipinski definition) is 4. The van der Waals surface area contributed by atoms with Crippen molar-refractivity contribution in [2.45, 2.75) is 52.9 Å². The molecule has 0 aromatic carbocycles. The summed E-state index contributed by atoms with van der Waals surface area (Å²) in [5.41, 5.74) is 1.84. The van der Waals surface area contributed by atoms with Crippen molar-refractivity contribution in [1.29, 1.82) is 0 Å². The standard InChI is InChI=1S/C15H24N2O4/c1-10(4-7-15(19)20)8-9-16-14(18)6-5-13-11(2)17-21-12(13)3/h10H,4-9H2,1-3H3,(H,16,18)(H,19,20). The fourth-order valence-electron chi connectivity index (χ4n) is 2.16. The normalized spacial score (nSPS) is 12.1. The minimum atomic E-state index is -0.773. The van der Waals surface area contributed by atoms with Gasteiger partial charge in [0.2, 0.25) is 5.91 Å². The van der Waals surface area contributed by atoms with Gasteiger partial charge in [0, 0.05) is 24.9 Å². The Labute approximate surface area is 124 Å². The maximum Gasteiger partial charge on any atom is 0.303 e. The Morgan fingerprint density at radius 2 is 2.00 bits per heavy atom. The fraction of sp³-hybridized carbons (Fsp3) is 0.667. The molecule has 1 heterocycles. The van der Waals surface area contributed by atoms with Gasteiger partial charge in [-0.1, -0.05) is 12.1 Å². The van der Waals surface area contributed by atoms with Gasteiger partial charge in [-0.3, -0.25) is 9.59 Å². The van der Waals surface area contributed by atoms with E-state index in [-0.39, 0.29) is 12.3 Å². The molecule has 0 aliphatic rings. The van der Waals surface area contributed by atoms with E-state index >= 15 is 0 Å². The van der Waals surface area contributed by atoms with Gasteiger partial charge in [-0.15, -0.1) is 0 Å². The second kappa shape index (κ2) is 8.44. The van der Waals surface area contributed by atoms with Gasteiger partial charge in [0.25, 0.3) is 0 Å². The molecule has 0 bridgehead atoms. The number of aliphatic carboxylic acids is 1. The van der Waals surface area contributed by atoms with E-state index in [2.05, 4.69) is 10.5 Å². The summed E-state index contributed by atoms with van der Waals surface area (Å²) in [5, 5.41) is 15.3. The molecular weight excluding hydrogens is 272 g/mol. The van der Waals surface area contributed by atoms with Crippen LogP contribution < -0.4 is 5.32 Å². The minimum absolute atomic E-state index is 0.000402. The molecule has 0 aliphatic carbocycles. The molecule has 1 aromatic rings. The van der Waals surface area contributed by atoms with E-state index in [0.29, 0.717) is 31.7 Å². The number of carboxylic acids is 1. The second-order valence-electron chi connectivity index (χ2n) is 5.48. The summed E-state index contributed by atoms with van der Waals surface area (Å²) < 4.78 is 5.06. The average molecular weight is 296 g/mol. The fourth-order valence-corrected chi connectivity index (χ4v) is 2.16. The number of amides is 1. The summed E-state index contributed by atoms with van der Waals surface area (Å²) in [6, 6.07) is 0. The molecule has 0 saturated carbocycles. The smallest absolute Gasteiger partial charge is 0.303 e. The van der Waals surface area contributed by atoms with Crippen molar-refractivity contribution in [2.75, 3.05) is 6.54 Å². The van der Waals surface area contributed by atoms with Crippen molar-refractivity contribution in [3.8, 4) is 0 Å². The van der Waals surface area contributed by atoms with Gasteiger partial charge in [0.1, 0.15) is 5.76 Å². The highest BCUT2D eigenvalue weighted by molar-refractivity contribution is 5.76. The van der Waals surface area contributed by atoms with Crippen molar-refractivity contribution in [3.05, 3.63) is 17.0 Å². The lowest BCUT2D eigenvalue weighted by atomic mass is 10.0. The molecule has 6 heteroatoms. The molecule has 0 saturated heterocycles. The summed E-state index contributed by atoms with van der Waals surface area (Å²) in [6.45, 7) is 6.30. The van der Waals surface area contributed by atoms with Crippen LogP contribution in [0.4, 0.5) is 0 Å². The van der Waals surface area contributed by atoms with Gasteiger partial charge in [-0.05, 0) is 39.0 Å². The number of aryl methyl sites for hydroxylation is 2. The lowest BCUT2D eigenvalue weighted by molar-refractivity contribution is -0.137. The molecule has 1 amide bonds. The molecule has 0 aliphatic heterocycles. The van der Waals surface area contributed by atoms with Gasteiger partial charge in [-0.25, -0.2) is 0 Å². The van der Waals surface area contributed by atoms with Crippen molar-refractivity contribution < 1.29 is 19.2 Å². The highest BCUT2D eigenvalue weighted by Crippen LogP contribution is 2.14. The summed E-state index contributed by atoms with van der Waals surface area (Å²) in [7, 11) is 0. The quantitative estimate of drug-likeness (QED) is 0.729. The van der Waals surface area contributed by atoms with Crippen LogP contribution in [-0.2, 0) is 16.0 Å². The highest BCUT2D eigenvalue weighted by Gasteiger charge is 2.11. The van der Waals surface area contributed by atoms with Crippen molar-refractivity contribution in [1.82, 2.24) is 10.5 Å². The molecular formula is C15H24N2O4. The van der Waals surface area contributed by atoms with Gasteiger partial charge >= 0.3 is 5.97 Å². The van der Waals surface area contributed by atoms with E-state index in [1.165, 1.54) is 0 Å². The van der Waals surface area contributed by atoms with Crippen LogP contribution in [0.1, 0.15) is 49.6 Å². The zero-order valence-electron chi connectivity index (χ0n) is 12.9. The maximum absolute atomic E-state index is 11.8. The van der Waals surface area contributed by atoms with E-state index in [4.69, 9.17) is 9.63 Å². The van der Waals surface area contributed by atoms with Crippen molar-refractivity contribution in [3.63, 3.8) is 0 Å². The number of nitrogens with zero attached hydrogens (tertiary/aromatic N) is 1. The molecule has 1 rings (SSSR count). The Hall–Kier alpha value is -1.85. The number of rotatable bonds is 9. The summed E-state index contributed by atoms with van der Waals surface area (Å²) in [6.07, 6.45) is 2.66. The molecule has 2 N–H and O–H groups in total. The predicted molar refractivity (Wildman–Crippen MR) is 78.0 cm³/mol. The SMILES string of the molecule is Cc1noc(C)c1CCC(=O)NCCC(C)CCC(=O)O. The summed E-state index contributed by atoms with van der Waals surface area (Å²) in [5.74, 6) is 0.289. The third-order valence-corrected chi connectivity index (χ3v) is 3.59. The van der Waals surface area contributed by atoms with Crippen LogP contribution in [0.2, 0.25) is 0 Å². The predicted octanol–water partition coefficient (Wildman–Crippen LogP) is 2.23. The molecule has 21 heavy (non-hydrogen) atoms. The lowest BCUT2D eigenvalue weighted by Gasteiger charge is -2.10. The Kier molecular flexibility index (Phi) is 6.91. The Morgan fingerprint density at radius 3 is 2.57 bits per heavy atom. The first-order chi connectivity index (χ1) is 9.90. The lowest BCUT2D eigenvalue weighted by Crippen LogP contribution is -2.26. The number of carbonyl (C=O) groups is 2. The first-order valence-corrected chi connectivity index (χ1v) is 7.30. The van der Waals surface area contributed by atoms with Crippen LogP contribution in [0, 0.1) is 19.8 Å². The Bertz CT molecular complexity index is 463. The maximum atomic E-state index is 11.8. The number of nitrogens with one attached hydrogen (secondary N) is 1. The van der Waals surface area contributed by atoms with Crippen molar-refractivity contribution >= 4 is 11.9 Å². The molecule has 0 radical (unpaired) electrons. The number of carboxylic acid groups (broad SMARTS) is 1. The van der Waals surface area contributed by atoms with Crippen LogP contribution >= 0.6 is 0 Å². The molecule has 1 atom stereocenters. The van der Waals surface area contributed by atoms with Crippen LogP contribution in [0.15, 0.2) is 4.52 Å². The zero-order chi connectivity index (χ0) is 15.8. The van der Waals surface area contributed by atoms with Crippen LogP contribution in [0.3, 0.4) is 0 Å². The number of carbonyl (C=O) groups excluding carboxylic acids is 1. The zero-order valence-corrected chi connectivity index (χ0v) is 12.9. The molecule has 6 nitrogen and oxygen atoms in total. The van der Waals surface area contributed by atoms with Gasteiger partial charge in [0.05, 0.1) is 5.69 Å². The third kappa shape index (κ3) is 6.42. The van der Waals surface area contributed by atoms with Gasteiger partial charge in [-0.2, -0.15) is 0 Å². The Morgan fingerprint density at radius 1 is 1.29 bits per heavy atom. The largest absolute Gasteiger partial charge is 0.481 e. The summed E-state index contributed by atoms with van der Waals surface area (Å²) in [4.78, 5) is 22.2. The first-order valence-electron chi connectivity index (χ1n) is 7.30. The minimum Gasteiger partial charge on any atom is -0.481 e. The van der Waals surface area contributed by atoms with E-state index in [1.54, 1.807) is 0 Å². The first kappa shape index (κ1) is 17.2. The average Bonchev–Trinajstić information content (AvgIpc) is 2.73. The number of hydrogen-bond donors (Lipinski definition) is 2. The van der Waals surface area contributed by atoms with Crippen molar-refractivity contribution in [2.24, 2.45) is 5.92 Å². The molecule has 1 aromatic heterocycles. The van der Waals surface area contributed by atoms with Gasteiger partial charge in [0.15, 0.2) is 0 Å². The second-order valence-corrected chi connectivity index (χ2v) is 5.48. The van der Waals surface area contributed by atoms with Crippen LogP contribution in [-0.4, -0.2) is 28.7 Å². The van der Waals surface area contributed by atoms with E-state index < -0.39 is 5.97 Å².